The molecule has 0 saturated heterocycles. The van der Waals surface area contributed by atoms with Gasteiger partial charge in [0.1, 0.15) is 5.82 Å². The summed E-state index contributed by atoms with van der Waals surface area (Å²) in [6.07, 6.45) is 3.33. The van der Waals surface area contributed by atoms with Gasteiger partial charge in [0.05, 0.1) is 11.2 Å². The third kappa shape index (κ3) is 4.16. The number of benzene rings is 2. The number of amides is 1. The van der Waals surface area contributed by atoms with E-state index in [4.69, 9.17) is 0 Å². The molecule has 4 aromatic rings. The van der Waals surface area contributed by atoms with E-state index in [0.29, 0.717) is 17.1 Å². The van der Waals surface area contributed by atoms with E-state index in [0.717, 1.165) is 22.3 Å². The second kappa shape index (κ2) is 7.98. The first-order valence-corrected chi connectivity index (χ1v) is 9.26. The molecule has 0 saturated carbocycles. The average Bonchev–Trinajstić information content (AvgIpc) is 2.74. The third-order valence-electron chi connectivity index (χ3n) is 4.56. The Balaban J connectivity index is 1.52. The summed E-state index contributed by atoms with van der Waals surface area (Å²) in [5.74, 6) is 0.392. The van der Waals surface area contributed by atoms with E-state index in [9.17, 15) is 4.79 Å². The van der Waals surface area contributed by atoms with Gasteiger partial charge in [0.25, 0.3) is 5.91 Å². The lowest BCUT2D eigenvalue weighted by atomic mass is 10.1. The lowest BCUT2D eigenvalue weighted by molar-refractivity contribution is 0.102. The molecule has 0 unspecified atom stereocenters. The lowest BCUT2D eigenvalue weighted by Crippen LogP contribution is -2.13. The van der Waals surface area contributed by atoms with E-state index in [-0.39, 0.29) is 5.91 Å². The van der Waals surface area contributed by atoms with Gasteiger partial charge in [0, 0.05) is 48.8 Å². The quantitative estimate of drug-likeness (QED) is 0.523. The Morgan fingerprint density at radius 3 is 2.48 bits per heavy atom. The highest BCUT2D eigenvalue weighted by Crippen LogP contribution is 2.22. The normalized spacial score (nSPS) is 10.6. The topological polar surface area (TPSA) is 70.2 Å². The number of pyridine rings is 2. The van der Waals surface area contributed by atoms with Crippen molar-refractivity contribution >= 4 is 39.7 Å². The van der Waals surface area contributed by atoms with Crippen LogP contribution in [0.2, 0.25) is 0 Å². The fourth-order valence-corrected chi connectivity index (χ4v) is 3.03. The largest absolute Gasteiger partial charge is 0.378 e. The Bertz CT molecular complexity index is 1150. The zero-order valence-corrected chi connectivity index (χ0v) is 16.3. The molecule has 2 aromatic carbocycles. The molecule has 6 nitrogen and oxygen atoms in total. The smallest absolute Gasteiger partial charge is 0.255 e. The van der Waals surface area contributed by atoms with Gasteiger partial charge in [-0.3, -0.25) is 9.78 Å². The summed E-state index contributed by atoms with van der Waals surface area (Å²) in [5, 5.41) is 7.16. The maximum absolute atomic E-state index is 12.8. The van der Waals surface area contributed by atoms with Crippen LogP contribution in [-0.4, -0.2) is 30.0 Å². The number of anilines is 4. The molecule has 29 heavy (non-hydrogen) atoms. The summed E-state index contributed by atoms with van der Waals surface area (Å²) in [5.41, 5.74) is 3.97. The van der Waals surface area contributed by atoms with E-state index < -0.39 is 0 Å². The Kier molecular flexibility index (Phi) is 5.07. The zero-order chi connectivity index (χ0) is 20.2. The number of carbonyl (C=O) groups excluding carboxylic acids is 1. The average molecular weight is 383 g/mol. The van der Waals surface area contributed by atoms with Gasteiger partial charge in [-0.1, -0.05) is 18.2 Å². The molecule has 2 heterocycles. The van der Waals surface area contributed by atoms with Gasteiger partial charge < -0.3 is 15.5 Å². The predicted octanol–water partition coefficient (Wildman–Crippen LogP) is 4.69. The van der Waals surface area contributed by atoms with Gasteiger partial charge in [-0.15, -0.1) is 0 Å². The van der Waals surface area contributed by atoms with Crippen molar-refractivity contribution in [3.8, 4) is 0 Å². The van der Waals surface area contributed by atoms with E-state index in [1.54, 1.807) is 24.5 Å². The molecule has 0 spiro atoms. The van der Waals surface area contributed by atoms with Crippen LogP contribution in [-0.2, 0) is 0 Å². The number of hydrogen-bond donors (Lipinski definition) is 2. The minimum Gasteiger partial charge on any atom is -0.378 e. The zero-order valence-electron chi connectivity index (χ0n) is 16.3. The molecule has 144 valence electrons. The summed E-state index contributed by atoms with van der Waals surface area (Å²) in [6.45, 7) is 0. The molecule has 2 aromatic heterocycles. The first-order chi connectivity index (χ1) is 14.1. The first-order valence-electron chi connectivity index (χ1n) is 9.26. The van der Waals surface area contributed by atoms with E-state index in [2.05, 4.69) is 20.6 Å². The second-order valence-electron chi connectivity index (χ2n) is 6.83. The molecule has 0 radical (unpaired) electrons. The summed E-state index contributed by atoms with van der Waals surface area (Å²) < 4.78 is 0. The van der Waals surface area contributed by atoms with E-state index in [1.807, 2.05) is 73.6 Å². The van der Waals surface area contributed by atoms with Crippen molar-refractivity contribution in [1.82, 2.24) is 9.97 Å². The van der Waals surface area contributed by atoms with E-state index in [1.165, 1.54) is 0 Å². The van der Waals surface area contributed by atoms with Crippen LogP contribution in [0.5, 0.6) is 0 Å². The van der Waals surface area contributed by atoms with Crippen molar-refractivity contribution < 1.29 is 4.79 Å². The van der Waals surface area contributed by atoms with Gasteiger partial charge in [-0.25, -0.2) is 4.98 Å². The van der Waals surface area contributed by atoms with E-state index >= 15 is 0 Å². The molecule has 0 aliphatic rings. The molecular formula is C23H21N5O. The van der Waals surface area contributed by atoms with Crippen molar-refractivity contribution in [3.63, 3.8) is 0 Å². The maximum Gasteiger partial charge on any atom is 0.255 e. The number of rotatable bonds is 5. The van der Waals surface area contributed by atoms with Gasteiger partial charge in [-0.2, -0.15) is 0 Å². The highest BCUT2D eigenvalue weighted by atomic mass is 16.1. The van der Waals surface area contributed by atoms with Gasteiger partial charge in [0.2, 0.25) is 0 Å². The molecule has 0 atom stereocenters. The Labute approximate surface area is 169 Å². The number of aromatic nitrogens is 2. The maximum atomic E-state index is 12.8. The summed E-state index contributed by atoms with van der Waals surface area (Å²) in [6, 6.07) is 21.0. The molecule has 0 fully saturated rings. The number of nitrogens with zero attached hydrogens (tertiary/aromatic N) is 3. The second-order valence-corrected chi connectivity index (χ2v) is 6.83. The molecule has 1 amide bonds. The van der Waals surface area contributed by atoms with Crippen molar-refractivity contribution in [2.45, 2.75) is 0 Å². The van der Waals surface area contributed by atoms with Gasteiger partial charge in [0.15, 0.2) is 0 Å². The fourth-order valence-electron chi connectivity index (χ4n) is 3.03. The minimum absolute atomic E-state index is 0.212. The van der Waals surface area contributed by atoms with Crippen LogP contribution < -0.4 is 15.5 Å². The molecule has 0 aliphatic carbocycles. The minimum atomic E-state index is -0.212. The third-order valence-corrected chi connectivity index (χ3v) is 4.56. The van der Waals surface area contributed by atoms with Crippen LogP contribution in [0, 0.1) is 0 Å². The van der Waals surface area contributed by atoms with Crippen LogP contribution in [0.3, 0.4) is 0 Å². The highest BCUT2D eigenvalue weighted by Gasteiger charge is 2.10. The van der Waals surface area contributed by atoms with Gasteiger partial charge >= 0.3 is 0 Å². The number of para-hydroxylation sites is 1. The summed E-state index contributed by atoms with van der Waals surface area (Å²) in [4.78, 5) is 23.5. The molecule has 6 heteroatoms. The van der Waals surface area contributed by atoms with Crippen LogP contribution >= 0.6 is 0 Å². The molecule has 0 bridgehead atoms. The molecule has 4 rings (SSSR count). The van der Waals surface area contributed by atoms with Crippen LogP contribution in [0.1, 0.15) is 10.4 Å². The first kappa shape index (κ1) is 18.4. The SMILES string of the molecule is CN(C)c1ccc(Nc2cc(C(=O)Nc3cccc4cccnc34)ccn2)cc1. The predicted molar refractivity (Wildman–Crippen MR) is 118 cm³/mol. The molecule has 0 aliphatic heterocycles. The number of hydrogen-bond acceptors (Lipinski definition) is 5. The van der Waals surface area contributed by atoms with Gasteiger partial charge in [-0.05, 0) is 48.5 Å². The Morgan fingerprint density at radius 1 is 0.897 bits per heavy atom. The lowest BCUT2D eigenvalue weighted by Gasteiger charge is -2.13. The Morgan fingerprint density at radius 2 is 1.69 bits per heavy atom. The van der Waals surface area contributed by atoms with Crippen molar-refractivity contribution in [2.24, 2.45) is 0 Å². The van der Waals surface area contributed by atoms with Crippen molar-refractivity contribution in [1.29, 1.82) is 0 Å². The monoisotopic (exact) mass is 383 g/mol. The molecular weight excluding hydrogens is 362 g/mol. The van der Waals surface area contributed by atoms with Crippen LogP contribution in [0.4, 0.5) is 22.9 Å². The van der Waals surface area contributed by atoms with Crippen LogP contribution in [0.15, 0.2) is 79.1 Å². The van der Waals surface area contributed by atoms with Crippen molar-refractivity contribution in [3.05, 3.63) is 84.7 Å². The van der Waals surface area contributed by atoms with Crippen LogP contribution in [0.25, 0.3) is 10.9 Å². The molecule has 2 N–H and O–H groups in total. The number of carbonyl (C=O) groups is 1. The fraction of sp³-hybridized carbons (Fsp3) is 0.0870. The highest BCUT2D eigenvalue weighted by molar-refractivity contribution is 6.08. The Hall–Kier alpha value is -3.93. The number of nitrogens with one attached hydrogen (secondary N) is 2. The standard InChI is InChI=1S/C23H21N5O/c1-28(2)19-10-8-18(9-11-19)26-21-15-17(12-14-24-21)23(29)27-20-7-3-5-16-6-4-13-25-22(16)20/h3-15H,1-2H3,(H,24,26)(H,27,29). The number of fused-ring (bicyclic) bond motifs is 1. The van der Waals surface area contributed by atoms with Crippen molar-refractivity contribution in [2.75, 3.05) is 29.6 Å². The summed E-state index contributed by atoms with van der Waals surface area (Å²) >= 11 is 0. The summed E-state index contributed by atoms with van der Waals surface area (Å²) in [7, 11) is 4.00.